The van der Waals surface area contributed by atoms with E-state index in [9.17, 15) is 4.79 Å². The van der Waals surface area contributed by atoms with Crippen LogP contribution in [-0.4, -0.2) is 35.1 Å². The van der Waals surface area contributed by atoms with Crippen molar-refractivity contribution in [1.29, 1.82) is 0 Å². The molecule has 1 aliphatic carbocycles. The zero-order valence-corrected chi connectivity index (χ0v) is 11.0. The fourth-order valence-corrected chi connectivity index (χ4v) is 2.77. The molecule has 0 unspecified atom stereocenters. The van der Waals surface area contributed by atoms with E-state index in [1.165, 1.54) is 5.69 Å². The summed E-state index contributed by atoms with van der Waals surface area (Å²) < 4.78 is 7.68. The Morgan fingerprint density at radius 1 is 1.44 bits per heavy atom. The summed E-state index contributed by atoms with van der Waals surface area (Å²) in [4.78, 5) is 14.4. The summed E-state index contributed by atoms with van der Waals surface area (Å²) in [5, 5.41) is 0. The smallest absolute Gasteiger partial charge is 0.226 e. The van der Waals surface area contributed by atoms with Gasteiger partial charge < -0.3 is 14.2 Å². The number of nitrogens with zero attached hydrogens (tertiary/aromatic N) is 2. The van der Waals surface area contributed by atoms with Crippen LogP contribution in [0.15, 0.2) is 18.3 Å². The predicted octanol–water partition coefficient (Wildman–Crippen LogP) is 1.50. The van der Waals surface area contributed by atoms with Gasteiger partial charge in [0.05, 0.1) is 19.2 Å². The summed E-state index contributed by atoms with van der Waals surface area (Å²) in [6, 6.07) is 4.13. The van der Waals surface area contributed by atoms with Gasteiger partial charge in [-0.05, 0) is 24.5 Å². The first-order chi connectivity index (χ1) is 8.69. The topological polar surface area (TPSA) is 34.5 Å². The van der Waals surface area contributed by atoms with Gasteiger partial charge in [-0.1, -0.05) is 6.92 Å². The molecule has 3 rings (SSSR count). The van der Waals surface area contributed by atoms with Crippen LogP contribution < -0.4 is 0 Å². The van der Waals surface area contributed by atoms with Crippen molar-refractivity contribution in [3.8, 4) is 0 Å². The van der Waals surface area contributed by atoms with E-state index in [2.05, 4.69) is 23.8 Å². The highest BCUT2D eigenvalue weighted by atomic mass is 16.5. The monoisotopic (exact) mass is 248 g/mol. The number of aromatic nitrogens is 1. The highest BCUT2D eigenvalue weighted by Crippen LogP contribution is 2.39. The van der Waals surface area contributed by atoms with Crippen molar-refractivity contribution in [1.82, 2.24) is 9.47 Å². The van der Waals surface area contributed by atoms with Gasteiger partial charge in [0.15, 0.2) is 0 Å². The molecular weight excluding hydrogens is 228 g/mol. The van der Waals surface area contributed by atoms with E-state index in [4.69, 9.17) is 4.74 Å². The van der Waals surface area contributed by atoms with Crippen LogP contribution in [0, 0.1) is 11.8 Å². The lowest BCUT2D eigenvalue weighted by molar-refractivity contribution is -0.135. The maximum absolute atomic E-state index is 12.4. The first-order valence-electron chi connectivity index (χ1n) is 6.64. The zero-order chi connectivity index (χ0) is 12.7. The number of hydrogen-bond acceptors (Lipinski definition) is 2. The average Bonchev–Trinajstić information content (AvgIpc) is 3.00. The number of fused-ring (bicyclic) bond motifs is 1. The second-order valence-electron chi connectivity index (χ2n) is 5.55. The lowest BCUT2D eigenvalue weighted by Gasteiger charge is -2.23. The Labute approximate surface area is 108 Å². The Bertz CT molecular complexity index is 454. The predicted molar refractivity (Wildman–Crippen MR) is 67.9 cm³/mol. The molecule has 98 valence electrons. The molecule has 1 amide bonds. The van der Waals surface area contributed by atoms with E-state index in [1.54, 1.807) is 7.11 Å². The van der Waals surface area contributed by atoms with Crippen LogP contribution in [0.4, 0.5) is 0 Å². The molecule has 0 aromatic carbocycles. The minimum atomic E-state index is 0.0941. The van der Waals surface area contributed by atoms with Gasteiger partial charge in [0.1, 0.15) is 0 Å². The maximum atomic E-state index is 12.4. The van der Waals surface area contributed by atoms with Gasteiger partial charge in [-0.15, -0.1) is 0 Å². The van der Waals surface area contributed by atoms with Crippen LogP contribution in [0.3, 0.4) is 0 Å². The summed E-state index contributed by atoms with van der Waals surface area (Å²) in [6.07, 6.45) is 3.21. The largest absolute Gasteiger partial charge is 0.378 e. The zero-order valence-electron chi connectivity index (χ0n) is 11.0. The number of ether oxygens (including phenoxy) is 1. The highest BCUT2D eigenvalue weighted by Gasteiger charge is 2.42. The van der Waals surface area contributed by atoms with E-state index in [1.807, 2.05) is 11.0 Å². The Kier molecular flexibility index (Phi) is 2.90. The lowest BCUT2D eigenvalue weighted by Crippen LogP contribution is -2.38. The third-order valence-electron chi connectivity index (χ3n) is 4.17. The number of rotatable bonds is 2. The molecule has 1 aromatic heterocycles. The summed E-state index contributed by atoms with van der Waals surface area (Å²) >= 11 is 0. The summed E-state index contributed by atoms with van der Waals surface area (Å²) in [5.74, 6) is 1.12. The molecule has 4 heteroatoms. The van der Waals surface area contributed by atoms with Crippen molar-refractivity contribution < 1.29 is 9.53 Å². The molecule has 1 aromatic rings. The van der Waals surface area contributed by atoms with Crippen molar-refractivity contribution in [2.75, 3.05) is 13.7 Å². The van der Waals surface area contributed by atoms with Gasteiger partial charge >= 0.3 is 0 Å². The Morgan fingerprint density at radius 2 is 2.22 bits per heavy atom. The summed E-state index contributed by atoms with van der Waals surface area (Å²) in [5.41, 5.74) is 1.20. The molecule has 0 N–H and O–H groups in total. The van der Waals surface area contributed by atoms with Crippen molar-refractivity contribution in [2.24, 2.45) is 11.8 Å². The van der Waals surface area contributed by atoms with Gasteiger partial charge in [0, 0.05) is 31.5 Å². The Balaban J connectivity index is 1.80. The average molecular weight is 248 g/mol. The first-order valence-corrected chi connectivity index (χ1v) is 6.64. The number of hydrogen-bond donors (Lipinski definition) is 0. The second-order valence-corrected chi connectivity index (χ2v) is 5.55. The molecule has 4 nitrogen and oxygen atoms in total. The van der Waals surface area contributed by atoms with Crippen molar-refractivity contribution in [3.05, 3.63) is 24.0 Å². The van der Waals surface area contributed by atoms with Crippen LogP contribution in [0.5, 0.6) is 0 Å². The van der Waals surface area contributed by atoms with E-state index in [-0.39, 0.29) is 12.0 Å². The van der Waals surface area contributed by atoms with Gasteiger partial charge in [-0.3, -0.25) is 4.79 Å². The Hall–Kier alpha value is -1.29. The molecule has 3 atom stereocenters. The van der Waals surface area contributed by atoms with Crippen LogP contribution in [0.1, 0.15) is 19.0 Å². The van der Waals surface area contributed by atoms with E-state index < -0.39 is 0 Å². The molecule has 2 aliphatic rings. The minimum Gasteiger partial charge on any atom is -0.378 e. The highest BCUT2D eigenvalue weighted by molar-refractivity contribution is 5.81. The molecule has 0 saturated heterocycles. The maximum Gasteiger partial charge on any atom is 0.226 e. The van der Waals surface area contributed by atoms with Crippen LogP contribution in [0.2, 0.25) is 0 Å². The molecule has 2 heterocycles. The van der Waals surface area contributed by atoms with Crippen molar-refractivity contribution in [3.63, 3.8) is 0 Å². The molecule has 0 bridgehead atoms. The number of carbonyl (C=O) groups excluding carboxylic acids is 1. The Morgan fingerprint density at radius 3 is 2.89 bits per heavy atom. The third kappa shape index (κ3) is 2.05. The van der Waals surface area contributed by atoms with Crippen molar-refractivity contribution in [2.45, 2.75) is 32.5 Å². The van der Waals surface area contributed by atoms with Crippen LogP contribution in [-0.2, 0) is 22.6 Å². The first kappa shape index (κ1) is 11.8. The van der Waals surface area contributed by atoms with Gasteiger partial charge in [-0.2, -0.15) is 0 Å². The molecule has 1 saturated carbocycles. The number of methoxy groups -OCH3 is 1. The fourth-order valence-electron chi connectivity index (χ4n) is 2.77. The van der Waals surface area contributed by atoms with E-state index >= 15 is 0 Å². The third-order valence-corrected chi connectivity index (χ3v) is 4.17. The normalized spacial score (nSPS) is 30.8. The van der Waals surface area contributed by atoms with E-state index in [0.29, 0.717) is 18.4 Å². The quantitative estimate of drug-likeness (QED) is 0.795. The summed E-state index contributed by atoms with van der Waals surface area (Å²) in [7, 11) is 1.72. The lowest BCUT2D eigenvalue weighted by atomic mass is 10.2. The fraction of sp³-hybridized carbons (Fsp3) is 0.643. The molecule has 1 aliphatic heterocycles. The number of amides is 1. The number of carbonyl (C=O) groups is 1. The van der Waals surface area contributed by atoms with Crippen LogP contribution >= 0.6 is 0 Å². The van der Waals surface area contributed by atoms with E-state index in [0.717, 1.165) is 19.5 Å². The molecule has 18 heavy (non-hydrogen) atoms. The van der Waals surface area contributed by atoms with Crippen LogP contribution in [0.25, 0.3) is 0 Å². The molecular formula is C14H20N2O2. The SMILES string of the molecule is CO[C@@H]1CN(C(=O)[C@@H]2C[C@@H]2C)Cc2cccn2C1. The molecule has 0 spiro atoms. The van der Waals surface area contributed by atoms with Gasteiger partial charge in [0.2, 0.25) is 5.91 Å². The molecule has 0 radical (unpaired) electrons. The van der Waals surface area contributed by atoms with Crippen molar-refractivity contribution >= 4 is 5.91 Å². The van der Waals surface area contributed by atoms with Gasteiger partial charge in [0.25, 0.3) is 0 Å². The standard InChI is InChI=1S/C14H20N2O2/c1-10-6-13(10)14(17)16-7-11-4-3-5-15(11)8-12(9-16)18-2/h3-5,10,12-13H,6-9H2,1-2H3/t10-,12-,13+/m0/s1. The minimum absolute atomic E-state index is 0.0941. The summed E-state index contributed by atoms with van der Waals surface area (Å²) in [6.45, 7) is 4.41. The molecule has 1 fully saturated rings. The van der Waals surface area contributed by atoms with Gasteiger partial charge in [-0.25, -0.2) is 0 Å². The second kappa shape index (κ2) is 4.43.